The lowest BCUT2D eigenvalue weighted by Gasteiger charge is -2.32. The van der Waals surface area contributed by atoms with Gasteiger partial charge in [0, 0.05) is 30.4 Å². The second-order valence-corrected chi connectivity index (χ2v) is 8.42. The van der Waals surface area contributed by atoms with E-state index in [0.29, 0.717) is 5.92 Å². The molecule has 1 fully saturated rings. The van der Waals surface area contributed by atoms with Gasteiger partial charge in [-0.05, 0) is 56.4 Å². The van der Waals surface area contributed by atoms with E-state index in [1.54, 1.807) is 5.51 Å². The van der Waals surface area contributed by atoms with E-state index in [9.17, 15) is 4.79 Å². The fourth-order valence-electron chi connectivity index (χ4n) is 3.96. The number of rotatable bonds is 4. The molecule has 0 saturated carbocycles. The molecule has 5 heteroatoms. The van der Waals surface area contributed by atoms with Crippen LogP contribution in [0.2, 0.25) is 0 Å². The number of aromatic nitrogens is 2. The van der Waals surface area contributed by atoms with Gasteiger partial charge in [0.2, 0.25) is 0 Å². The maximum Gasteiger partial charge on any atom is 0.265 e. The number of likely N-dealkylation sites (tertiary alicyclic amines) is 1. The quantitative estimate of drug-likeness (QED) is 0.644. The number of thiazole rings is 1. The van der Waals surface area contributed by atoms with Gasteiger partial charge >= 0.3 is 0 Å². The maximum atomic E-state index is 12.9. The van der Waals surface area contributed by atoms with Crippen LogP contribution in [0.25, 0.3) is 0 Å². The molecule has 0 radical (unpaired) electrons. The summed E-state index contributed by atoms with van der Waals surface area (Å²) in [7, 11) is 0. The molecule has 1 aliphatic rings. The van der Waals surface area contributed by atoms with Crippen molar-refractivity contribution in [1.29, 1.82) is 0 Å². The third kappa shape index (κ3) is 4.14. The molecule has 3 heterocycles. The Bertz CT molecular complexity index is 967. The van der Waals surface area contributed by atoms with Gasteiger partial charge < -0.3 is 4.90 Å². The van der Waals surface area contributed by atoms with Gasteiger partial charge in [-0.25, -0.2) is 4.98 Å². The molecule has 0 aliphatic carbocycles. The molecule has 28 heavy (non-hydrogen) atoms. The Labute approximate surface area is 170 Å². The number of piperidine rings is 1. The number of carbonyl (C=O) groups excluding carboxylic acids is 1. The largest absolute Gasteiger partial charge is 0.337 e. The summed E-state index contributed by atoms with van der Waals surface area (Å²) in [5, 5.41) is 0. The number of aryl methyl sites for hydroxylation is 2. The first-order valence-corrected chi connectivity index (χ1v) is 10.7. The van der Waals surface area contributed by atoms with Crippen LogP contribution in [0.5, 0.6) is 0 Å². The number of nitrogens with zero attached hydrogens (tertiary/aromatic N) is 3. The lowest BCUT2D eigenvalue weighted by molar-refractivity contribution is 0.0710. The molecule has 2 aromatic heterocycles. The Balaban J connectivity index is 1.53. The van der Waals surface area contributed by atoms with Gasteiger partial charge in [-0.15, -0.1) is 11.3 Å². The molecular weight excluding hydrogens is 366 g/mol. The van der Waals surface area contributed by atoms with Crippen molar-refractivity contribution in [3.8, 4) is 0 Å². The lowest BCUT2D eigenvalue weighted by atomic mass is 9.92. The Morgan fingerprint density at radius 1 is 1.18 bits per heavy atom. The second-order valence-electron chi connectivity index (χ2n) is 7.56. The van der Waals surface area contributed by atoms with Gasteiger partial charge in [0.25, 0.3) is 5.91 Å². The predicted molar refractivity (Wildman–Crippen MR) is 113 cm³/mol. The standard InChI is InChI=1S/C23H25N3OS/c1-16-11-19(12-18-7-4-3-5-8-18)13-21(25-16)20-9-6-10-26(14-20)23(27)22-17(2)24-15-28-22/h3-5,7-8,11,13,15,20H,6,9-10,12,14H2,1-2H3/t20-/m1/s1. The van der Waals surface area contributed by atoms with Crippen molar-refractivity contribution < 1.29 is 4.79 Å². The van der Waals surface area contributed by atoms with Crippen LogP contribution in [0.4, 0.5) is 0 Å². The van der Waals surface area contributed by atoms with E-state index in [0.717, 1.165) is 54.3 Å². The third-order valence-corrected chi connectivity index (χ3v) is 6.27. The van der Waals surface area contributed by atoms with Gasteiger partial charge in [0.05, 0.1) is 11.2 Å². The highest BCUT2D eigenvalue weighted by Crippen LogP contribution is 2.29. The van der Waals surface area contributed by atoms with Crippen molar-refractivity contribution in [3.63, 3.8) is 0 Å². The monoisotopic (exact) mass is 391 g/mol. The van der Waals surface area contributed by atoms with Crippen LogP contribution >= 0.6 is 11.3 Å². The summed E-state index contributed by atoms with van der Waals surface area (Å²) in [6, 6.07) is 14.9. The summed E-state index contributed by atoms with van der Waals surface area (Å²) < 4.78 is 0. The van der Waals surface area contributed by atoms with Crippen LogP contribution in [0.15, 0.2) is 48.0 Å². The Hall–Kier alpha value is -2.53. The summed E-state index contributed by atoms with van der Waals surface area (Å²) >= 11 is 1.44. The first-order chi connectivity index (χ1) is 13.6. The van der Waals surface area contributed by atoms with E-state index in [4.69, 9.17) is 4.98 Å². The number of hydrogen-bond donors (Lipinski definition) is 0. The topological polar surface area (TPSA) is 46.1 Å². The lowest BCUT2D eigenvalue weighted by Crippen LogP contribution is -2.39. The summed E-state index contributed by atoms with van der Waals surface area (Å²) in [5.74, 6) is 0.405. The van der Waals surface area contributed by atoms with Crippen molar-refractivity contribution in [3.05, 3.63) is 81.1 Å². The van der Waals surface area contributed by atoms with Crippen molar-refractivity contribution in [2.75, 3.05) is 13.1 Å². The zero-order chi connectivity index (χ0) is 19.5. The zero-order valence-electron chi connectivity index (χ0n) is 16.4. The van der Waals surface area contributed by atoms with Crippen LogP contribution in [0.1, 0.15) is 56.6 Å². The third-order valence-electron chi connectivity index (χ3n) is 5.35. The van der Waals surface area contributed by atoms with Gasteiger partial charge in [-0.3, -0.25) is 9.78 Å². The fraction of sp³-hybridized carbons (Fsp3) is 0.348. The summed E-state index contributed by atoms with van der Waals surface area (Å²) in [6.45, 7) is 5.51. The molecule has 1 aromatic carbocycles. The fourth-order valence-corrected chi connectivity index (χ4v) is 4.73. The molecule has 4 nitrogen and oxygen atoms in total. The van der Waals surface area contributed by atoms with E-state index in [1.165, 1.54) is 22.5 Å². The van der Waals surface area contributed by atoms with Crippen molar-refractivity contribution >= 4 is 17.2 Å². The number of pyridine rings is 1. The first kappa shape index (κ1) is 18.8. The average molecular weight is 392 g/mol. The SMILES string of the molecule is Cc1cc(Cc2ccccc2)cc([C@@H]2CCCN(C(=O)c3scnc3C)C2)n1. The highest BCUT2D eigenvalue weighted by molar-refractivity contribution is 7.11. The van der Waals surface area contributed by atoms with Crippen LogP contribution in [-0.2, 0) is 6.42 Å². The number of amides is 1. The minimum atomic E-state index is 0.113. The average Bonchev–Trinajstić information content (AvgIpc) is 3.14. The molecule has 1 aliphatic heterocycles. The molecule has 0 N–H and O–H groups in total. The normalized spacial score (nSPS) is 16.9. The van der Waals surface area contributed by atoms with Crippen molar-refractivity contribution in [2.24, 2.45) is 0 Å². The second kappa shape index (κ2) is 8.23. The van der Waals surface area contributed by atoms with Crippen molar-refractivity contribution in [1.82, 2.24) is 14.9 Å². The highest BCUT2D eigenvalue weighted by Gasteiger charge is 2.28. The van der Waals surface area contributed by atoms with Crippen LogP contribution in [0.3, 0.4) is 0 Å². The van der Waals surface area contributed by atoms with E-state index in [-0.39, 0.29) is 5.91 Å². The van der Waals surface area contributed by atoms with Gasteiger partial charge in [-0.1, -0.05) is 30.3 Å². The van der Waals surface area contributed by atoms with Gasteiger partial charge in [0.15, 0.2) is 0 Å². The maximum absolute atomic E-state index is 12.9. The molecule has 144 valence electrons. The summed E-state index contributed by atoms with van der Waals surface area (Å²) in [5.41, 5.74) is 7.34. The van der Waals surface area contributed by atoms with Crippen LogP contribution in [0, 0.1) is 13.8 Å². The van der Waals surface area contributed by atoms with E-state index in [2.05, 4.69) is 48.3 Å². The molecule has 1 saturated heterocycles. The summed E-state index contributed by atoms with van der Waals surface area (Å²) in [6.07, 6.45) is 3.00. The molecule has 1 amide bonds. The van der Waals surface area contributed by atoms with Gasteiger partial charge in [-0.2, -0.15) is 0 Å². The zero-order valence-corrected chi connectivity index (χ0v) is 17.2. The molecule has 0 spiro atoms. The smallest absolute Gasteiger partial charge is 0.265 e. The minimum Gasteiger partial charge on any atom is -0.337 e. The predicted octanol–water partition coefficient (Wildman–Crippen LogP) is 4.77. The molecule has 0 unspecified atom stereocenters. The van der Waals surface area contributed by atoms with E-state index in [1.807, 2.05) is 17.9 Å². The molecular formula is C23H25N3OS. The van der Waals surface area contributed by atoms with E-state index < -0.39 is 0 Å². The molecule has 0 bridgehead atoms. The first-order valence-electron chi connectivity index (χ1n) is 9.81. The van der Waals surface area contributed by atoms with E-state index >= 15 is 0 Å². The Morgan fingerprint density at radius 3 is 2.75 bits per heavy atom. The minimum absolute atomic E-state index is 0.113. The number of hydrogen-bond acceptors (Lipinski definition) is 4. The Morgan fingerprint density at radius 2 is 2.00 bits per heavy atom. The van der Waals surface area contributed by atoms with Crippen molar-refractivity contribution in [2.45, 2.75) is 39.0 Å². The molecule has 1 atom stereocenters. The van der Waals surface area contributed by atoms with Gasteiger partial charge in [0.1, 0.15) is 4.88 Å². The Kier molecular flexibility index (Phi) is 5.53. The number of benzene rings is 1. The van der Waals surface area contributed by atoms with Crippen LogP contribution in [-0.4, -0.2) is 33.9 Å². The van der Waals surface area contributed by atoms with Crippen LogP contribution < -0.4 is 0 Å². The number of carbonyl (C=O) groups is 1. The summed E-state index contributed by atoms with van der Waals surface area (Å²) in [4.78, 5) is 24.7. The molecule has 3 aromatic rings. The highest BCUT2D eigenvalue weighted by atomic mass is 32.1. The molecule has 4 rings (SSSR count).